The number of carbonyl (C=O) groups excluding carboxylic acids is 1. The van der Waals surface area contributed by atoms with Gasteiger partial charge in [-0.3, -0.25) is 4.79 Å². The molecule has 1 unspecified atom stereocenters. The topological polar surface area (TPSA) is 69.6 Å². The first-order chi connectivity index (χ1) is 7.72. The predicted octanol–water partition coefficient (Wildman–Crippen LogP) is 0.377. The molecule has 16 heavy (non-hydrogen) atoms. The van der Waals surface area contributed by atoms with Gasteiger partial charge in [0.2, 0.25) is 0 Å². The lowest BCUT2D eigenvalue weighted by atomic mass is 10.2. The molecule has 0 aliphatic carbocycles. The summed E-state index contributed by atoms with van der Waals surface area (Å²) in [5, 5.41) is 0. The van der Waals surface area contributed by atoms with E-state index >= 15 is 0 Å². The normalized spacial score (nSPS) is 12.6. The Balaban J connectivity index is 2.24. The van der Waals surface area contributed by atoms with E-state index < -0.39 is 12.0 Å². The molecular weight excluding hydrogens is 206 g/mol. The average Bonchev–Trinajstić information content (AvgIpc) is 2.72. The summed E-state index contributed by atoms with van der Waals surface area (Å²) >= 11 is 0. The van der Waals surface area contributed by atoms with E-state index in [0.29, 0.717) is 6.42 Å². The molecular formula is C11H13N3O2. The van der Waals surface area contributed by atoms with Crippen molar-refractivity contribution < 1.29 is 9.53 Å². The average molecular weight is 219 g/mol. The van der Waals surface area contributed by atoms with Crippen LogP contribution in [0.15, 0.2) is 30.6 Å². The van der Waals surface area contributed by atoms with Crippen LogP contribution in [0.3, 0.4) is 0 Å². The van der Waals surface area contributed by atoms with Crippen molar-refractivity contribution in [3.63, 3.8) is 0 Å². The number of hydrogen-bond donors (Lipinski definition) is 1. The highest BCUT2D eigenvalue weighted by atomic mass is 16.5. The number of methoxy groups -OCH3 is 1. The molecule has 1 atom stereocenters. The number of ether oxygens (including phenoxy) is 1. The van der Waals surface area contributed by atoms with Crippen LogP contribution in [0.2, 0.25) is 0 Å². The first kappa shape index (κ1) is 10.6. The quantitative estimate of drug-likeness (QED) is 0.757. The zero-order valence-corrected chi connectivity index (χ0v) is 8.96. The number of fused-ring (bicyclic) bond motifs is 1. The second-order valence-electron chi connectivity index (χ2n) is 3.51. The molecule has 2 aromatic rings. The van der Waals surface area contributed by atoms with E-state index in [-0.39, 0.29) is 0 Å². The maximum absolute atomic E-state index is 11.2. The van der Waals surface area contributed by atoms with Gasteiger partial charge in [-0.2, -0.15) is 0 Å². The van der Waals surface area contributed by atoms with Crippen molar-refractivity contribution in [3.8, 4) is 0 Å². The van der Waals surface area contributed by atoms with E-state index in [1.165, 1.54) is 7.11 Å². The first-order valence-corrected chi connectivity index (χ1v) is 4.96. The third kappa shape index (κ3) is 1.90. The van der Waals surface area contributed by atoms with Gasteiger partial charge < -0.3 is 14.9 Å². The first-order valence-electron chi connectivity index (χ1n) is 4.96. The molecule has 5 nitrogen and oxygen atoms in total. The van der Waals surface area contributed by atoms with E-state index in [1.807, 2.05) is 28.8 Å². The highest BCUT2D eigenvalue weighted by molar-refractivity contribution is 5.75. The summed E-state index contributed by atoms with van der Waals surface area (Å²) in [5.74, 6) is -0.411. The minimum absolute atomic E-state index is 0.411. The summed E-state index contributed by atoms with van der Waals surface area (Å²) in [6, 6.07) is 5.06. The molecule has 0 aliphatic heterocycles. The number of nitrogens with two attached hydrogens (primary N) is 1. The number of pyridine rings is 1. The van der Waals surface area contributed by atoms with Crippen molar-refractivity contribution in [2.24, 2.45) is 5.73 Å². The number of rotatable bonds is 3. The number of esters is 1. The highest BCUT2D eigenvalue weighted by Gasteiger charge is 2.16. The van der Waals surface area contributed by atoms with Crippen molar-refractivity contribution in [3.05, 3.63) is 36.3 Å². The Hall–Kier alpha value is -1.88. The van der Waals surface area contributed by atoms with Crippen molar-refractivity contribution in [1.82, 2.24) is 9.38 Å². The Labute approximate surface area is 92.8 Å². The van der Waals surface area contributed by atoms with Crippen LogP contribution >= 0.6 is 0 Å². The van der Waals surface area contributed by atoms with Crippen molar-refractivity contribution >= 4 is 11.6 Å². The van der Waals surface area contributed by atoms with E-state index in [1.54, 1.807) is 6.20 Å². The Bertz CT molecular complexity index is 507. The van der Waals surface area contributed by atoms with Gasteiger partial charge in [-0.1, -0.05) is 6.07 Å². The summed E-state index contributed by atoms with van der Waals surface area (Å²) < 4.78 is 6.48. The van der Waals surface area contributed by atoms with Gasteiger partial charge in [-0.15, -0.1) is 0 Å². The predicted molar refractivity (Wildman–Crippen MR) is 58.9 cm³/mol. The minimum atomic E-state index is -0.648. The number of carbonyl (C=O) groups is 1. The summed E-state index contributed by atoms with van der Waals surface area (Å²) in [6.45, 7) is 0. The van der Waals surface area contributed by atoms with Crippen LogP contribution in [-0.4, -0.2) is 28.5 Å². The fourth-order valence-electron chi connectivity index (χ4n) is 1.60. The second-order valence-corrected chi connectivity index (χ2v) is 3.51. The molecule has 0 radical (unpaired) electrons. The second kappa shape index (κ2) is 4.32. The molecule has 84 valence electrons. The van der Waals surface area contributed by atoms with Crippen LogP contribution in [0.4, 0.5) is 0 Å². The largest absolute Gasteiger partial charge is 0.468 e. The molecule has 0 aromatic carbocycles. The van der Waals surface area contributed by atoms with Crippen LogP contribution in [0.1, 0.15) is 5.69 Å². The zero-order chi connectivity index (χ0) is 11.5. The summed E-state index contributed by atoms with van der Waals surface area (Å²) in [6.07, 6.45) is 4.03. The lowest BCUT2D eigenvalue weighted by molar-refractivity contribution is -0.142. The maximum atomic E-state index is 11.2. The van der Waals surface area contributed by atoms with Crippen LogP contribution in [0.5, 0.6) is 0 Å². The third-order valence-corrected chi connectivity index (χ3v) is 2.43. The van der Waals surface area contributed by atoms with E-state index in [2.05, 4.69) is 9.72 Å². The van der Waals surface area contributed by atoms with Gasteiger partial charge in [0.25, 0.3) is 0 Å². The Morgan fingerprint density at radius 2 is 2.44 bits per heavy atom. The summed E-state index contributed by atoms with van der Waals surface area (Å²) in [4.78, 5) is 15.4. The van der Waals surface area contributed by atoms with E-state index in [9.17, 15) is 4.79 Å². The monoisotopic (exact) mass is 219 g/mol. The van der Waals surface area contributed by atoms with E-state index in [4.69, 9.17) is 5.73 Å². The minimum Gasteiger partial charge on any atom is -0.468 e. The molecule has 5 heteroatoms. The van der Waals surface area contributed by atoms with Crippen LogP contribution in [-0.2, 0) is 16.0 Å². The lowest BCUT2D eigenvalue weighted by Gasteiger charge is -2.08. The van der Waals surface area contributed by atoms with Gasteiger partial charge in [0.05, 0.1) is 7.11 Å². The van der Waals surface area contributed by atoms with Gasteiger partial charge >= 0.3 is 5.97 Å². The maximum Gasteiger partial charge on any atom is 0.323 e. The van der Waals surface area contributed by atoms with Gasteiger partial charge in [0.15, 0.2) is 0 Å². The van der Waals surface area contributed by atoms with Crippen molar-refractivity contribution in [1.29, 1.82) is 0 Å². The van der Waals surface area contributed by atoms with Gasteiger partial charge in [0.1, 0.15) is 11.7 Å². The molecule has 2 heterocycles. The van der Waals surface area contributed by atoms with Gasteiger partial charge in [-0.05, 0) is 12.1 Å². The highest BCUT2D eigenvalue weighted by Crippen LogP contribution is 2.08. The Kier molecular flexibility index (Phi) is 2.87. The molecule has 0 saturated heterocycles. The van der Waals surface area contributed by atoms with Crippen molar-refractivity contribution in [2.75, 3.05) is 7.11 Å². The fourth-order valence-corrected chi connectivity index (χ4v) is 1.60. The molecule has 0 fully saturated rings. The van der Waals surface area contributed by atoms with Crippen LogP contribution in [0.25, 0.3) is 5.65 Å². The van der Waals surface area contributed by atoms with E-state index in [0.717, 1.165) is 11.3 Å². The van der Waals surface area contributed by atoms with Crippen LogP contribution < -0.4 is 5.73 Å². The van der Waals surface area contributed by atoms with Crippen molar-refractivity contribution in [2.45, 2.75) is 12.5 Å². The molecule has 2 aromatic heterocycles. The number of nitrogens with zero attached hydrogens (tertiary/aromatic N) is 2. The summed E-state index contributed by atoms with van der Waals surface area (Å²) in [7, 11) is 1.33. The number of imidazole rings is 1. The Morgan fingerprint density at radius 3 is 3.19 bits per heavy atom. The van der Waals surface area contributed by atoms with Gasteiger partial charge in [0, 0.05) is 24.5 Å². The molecule has 2 N–H and O–H groups in total. The SMILES string of the molecule is COC(=O)C(N)Cc1cnc2ccccn12. The smallest absolute Gasteiger partial charge is 0.323 e. The molecule has 2 rings (SSSR count). The zero-order valence-electron chi connectivity index (χ0n) is 8.96. The molecule has 0 aliphatic rings. The molecule has 0 saturated carbocycles. The molecule has 0 amide bonds. The van der Waals surface area contributed by atoms with Gasteiger partial charge in [-0.25, -0.2) is 4.98 Å². The number of hydrogen-bond acceptors (Lipinski definition) is 4. The van der Waals surface area contributed by atoms with Crippen LogP contribution in [0, 0.1) is 0 Å². The fraction of sp³-hybridized carbons (Fsp3) is 0.273. The summed E-state index contributed by atoms with van der Waals surface area (Å²) in [5.41, 5.74) is 7.43. The number of aromatic nitrogens is 2. The lowest BCUT2D eigenvalue weighted by Crippen LogP contribution is -2.34. The molecule has 0 bridgehead atoms. The Morgan fingerprint density at radius 1 is 1.62 bits per heavy atom. The standard InChI is InChI=1S/C11H13N3O2/c1-16-11(15)9(12)6-8-7-13-10-4-2-3-5-14(8)10/h2-5,7,9H,6,12H2,1H3. The molecule has 0 spiro atoms. The third-order valence-electron chi connectivity index (χ3n) is 2.43.